The van der Waals surface area contributed by atoms with Crippen LogP contribution in [0.3, 0.4) is 0 Å². The summed E-state index contributed by atoms with van der Waals surface area (Å²) in [5.74, 6) is 0.230. The number of likely N-dealkylation sites (tertiary alicyclic amines) is 1. The lowest BCUT2D eigenvalue weighted by atomic mass is 9.88. The second-order valence-corrected chi connectivity index (χ2v) is 7.11. The van der Waals surface area contributed by atoms with Gasteiger partial charge in [0, 0.05) is 11.6 Å². The van der Waals surface area contributed by atoms with Crippen LogP contribution in [0.15, 0.2) is 18.2 Å². The molecule has 1 atom stereocenters. The van der Waals surface area contributed by atoms with E-state index in [1.807, 2.05) is 39.0 Å². The Balaban J connectivity index is 2.12. The summed E-state index contributed by atoms with van der Waals surface area (Å²) in [5, 5.41) is 3.91. The van der Waals surface area contributed by atoms with Gasteiger partial charge in [-0.25, -0.2) is 0 Å². The van der Waals surface area contributed by atoms with Crippen molar-refractivity contribution in [2.24, 2.45) is 5.92 Å². The minimum atomic E-state index is -0.415. The Hall–Kier alpha value is -1.06. The molecule has 1 aliphatic heterocycles. The van der Waals surface area contributed by atoms with Crippen molar-refractivity contribution in [1.29, 1.82) is 0 Å². The highest BCUT2D eigenvalue weighted by atomic mass is 35.5. The molecule has 1 heterocycles. The third kappa shape index (κ3) is 3.98. The first-order chi connectivity index (χ1) is 9.79. The third-order valence-electron chi connectivity index (χ3n) is 4.30. The highest BCUT2D eigenvalue weighted by Gasteiger charge is 2.30. The fourth-order valence-electron chi connectivity index (χ4n) is 3.13. The molecule has 2 rings (SSSR count). The molecule has 1 fully saturated rings. The molecule has 0 unspecified atom stereocenters. The number of carbonyl (C=O) groups excluding carboxylic acids is 1. The first-order valence-corrected chi connectivity index (χ1v) is 7.94. The SMILES string of the molecule is Cc1ccc(Cl)cc1C(C)(C)NC(=O)[C@H]1CCCN(C)C1. The number of piperidine rings is 1. The van der Waals surface area contributed by atoms with Crippen LogP contribution in [0.2, 0.25) is 5.02 Å². The van der Waals surface area contributed by atoms with Gasteiger partial charge in [-0.3, -0.25) is 4.79 Å². The van der Waals surface area contributed by atoms with Crippen LogP contribution in [0.25, 0.3) is 0 Å². The van der Waals surface area contributed by atoms with E-state index in [-0.39, 0.29) is 11.8 Å². The molecule has 1 saturated heterocycles. The van der Waals surface area contributed by atoms with Crippen LogP contribution in [0.1, 0.15) is 37.8 Å². The Morgan fingerprint density at radius 2 is 2.14 bits per heavy atom. The first kappa shape index (κ1) is 16.3. The predicted molar refractivity (Wildman–Crippen MR) is 87.6 cm³/mol. The number of rotatable bonds is 3. The fraction of sp³-hybridized carbons (Fsp3) is 0.588. The maximum Gasteiger partial charge on any atom is 0.225 e. The molecule has 0 radical (unpaired) electrons. The van der Waals surface area contributed by atoms with Crippen molar-refractivity contribution in [2.75, 3.05) is 20.1 Å². The van der Waals surface area contributed by atoms with Gasteiger partial charge in [0.1, 0.15) is 0 Å². The second kappa shape index (κ2) is 6.37. The molecular weight excluding hydrogens is 284 g/mol. The van der Waals surface area contributed by atoms with Crippen molar-refractivity contribution in [2.45, 2.75) is 39.2 Å². The highest BCUT2D eigenvalue weighted by molar-refractivity contribution is 6.30. The normalized spacial score (nSPS) is 20.3. The van der Waals surface area contributed by atoms with Crippen molar-refractivity contribution in [3.8, 4) is 0 Å². The molecule has 0 bridgehead atoms. The summed E-state index contributed by atoms with van der Waals surface area (Å²) in [4.78, 5) is 14.8. The van der Waals surface area contributed by atoms with Crippen LogP contribution in [0.5, 0.6) is 0 Å². The Labute approximate surface area is 132 Å². The summed E-state index contributed by atoms with van der Waals surface area (Å²) in [6, 6.07) is 5.83. The maximum atomic E-state index is 12.6. The van der Waals surface area contributed by atoms with Gasteiger partial charge in [0.05, 0.1) is 11.5 Å². The number of halogens is 1. The molecular formula is C17H25ClN2O. The fourth-order valence-corrected chi connectivity index (χ4v) is 3.30. The lowest BCUT2D eigenvalue weighted by Crippen LogP contribution is -2.48. The molecule has 0 spiro atoms. The topological polar surface area (TPSA) is 32.3 Å². The van der Waals surface area contributed by atoms with E-state index in [4.69, 9.17) is 11.6 Å². The summed E-state index contributed by atoms with van der Waals surface area (Å²) in [6.07, 6.45) is 2.06. The van der Waals surface area contributed by atoms with E-state index in [9.17, 15) is 4.79 Å². The van der Waals surface area contributed by atoms with Crippen LogP contribution < -0.4 is 5.32 Å². The Kier molecular flexibility index (Phi) is 4.95. The van der Waals surface area contributed by atoms with Gasteiger partial charge < -0.3 is 10.2 Å². The van der Waals surface area contributed by atoms with Gasteiger partial charge >= 0.3 is 0 Å². The van der Waals surface area contributed by atoms with Gasteiger partial charge in [-0.05, 0) is 70.5 Å². The van der Waals surface area contributed by atoms with Crippen molar-refractivity contribution in [3.63, 3.8) is 0 Å². The monoisotopic (exact) mass is 308 g/mol. The van der Waals surface area contributed by atoms with Gasteiger partial charge in [-0.15, -0.1) is 0 Å². The number of hydrogen-bond acceptors (Lipinski definition) is 2. The van der Waals surface area contributed by atoms with E-state index in [1.165, 1.54) is 0 Å². The number of hydrogen-bond donors (Lipinski definition) is 1. The van der Waals surface area contributed by atoms with Crippen LogP contribution in [0.4, 0.5) is 0 Å². The smallest absolute Gasteiger partial charge is 0.225 e. The number of aryl methyl sites for hydroxylation is 1. The molecule has 1 amide bonds. The summed E-state index contributed by atoms with van der Waals surface area (Å²) < 4.78 is 0. The van der Waals surface area contributed by atoms with Gasteiger partial charge in [-0.2, -0.15) is 0 Å². The number of nitrogens with zero attached hydrogens (tertiary/aromatic N) is 1. The third-order valence-corrected chi connectivity index (χ3v) is 4.54. The van der Waals surface area contributed by atoms with Crippen LogP contribution in [0, 0.1) is 12.8 Å². The van der Waals surface area contributed by atoms with E-state index in [0.717, 1.165) is 37.1 Å². The van der Waals surface area contributed by atoms with E-state index in [0.29, 0.717) is 5.02 Å². The van der Waals surface area contributed by atoms with Crippen LogP contribution in [-0.4, -0.2) is 30.9 Å². The molecule has 116 valence electrons. The zero-order valence-corrected chi connectivity index (χ0v) is 14.1. The second-order valence-electron chi connectivity index (χ2n) is 6.67. The summed E-state index contributed by atoms with van der Waals surface area (Å²) in [6.45, 7) is 8.05. The maximum absolute atomic E-state index is 12.6. The van der Waals surface area contributed by atoms with E-state index < -0.39 is 5.54 Å². The molecule has 1 aromatic carbocycles. The molecule has 4 heteroatoms. The van der Waals surface area contributed by atoms with E-state index in [1.54, 1.807) is 0 Å². The number of amides is 1. The lowest BCUT2D eigenvalue weighted by Gasteiger charge is -2.34. The lowest BCUT2D eigenvalue weighted by molar-refractivity contribution is -0.128. The van der Waals surface area contributed by atoms with Gasteiger partial charge in [0.15, 0.2) is 0 Å². The zero-order chi connectivity index (χ0) is 15.6. The van der Waals surface area contributed by atoms with Crippen LogP contribution >= 0.6 is 11.6 Å². The standard InChI is InChI=1S/C17H25ClN2O/c1-12-7-8-14(18)10-15(12)17(2,3)19-16(21)13-6-5-9-20(4)11-13/h7-8,10,13H,5-6,9,11H2,1-4H3,(H,19,21)/t13-/m0/s1. The largest absolute Gasteiger partial charge is 0.347 e. The molecule has 0 aromatic heterocycles. The average molecular weight is 309 g/mol. The van der Waals surface area contributed by atoms with Gasteiger partial charge in [0.25, 0.3) is 0 Å². The molecule has 1 N–H and O–H groups in total. The summed E-state index contributed by atoms with van der Waals surface area (Å²) in [7, 11) is 2.08. The Bertz CT molecular complexity index is 528. The predicted octanol–water partition coefficient (Wildman–Crippen LogP) is 3.34. The summed E-state index contributed by atoms with van der Waals surface area (Å²) in [5.41, 5.74) is 1.81. The van der Waals surface area contributed by atoms with Crippen molar-refractivity contribution in [1.82, 2.24) is 10.2 Å². The quantitative estimate of drug-likeness (QED) is 0.929. The molecule has 1 aliphatic rings. The van der Waals surface area contributed by atoms with Gasteiger partial charge in [-0.1, -0.05) is 17.7 Å². The van der Waals surface area contributed by atoms with Crippen molar-refractivity contribution in [3.05, 3.63) is 34.3 Å². The number of carbonyl (C=O) groups is 1. The van der Waals surface area contributed by atoms with Crippen LogP contribution in [-0.2, 0) is 10.3 Å². The van der Waals surface area contributed by atoms with Gasteiger partial charge in [0.2, 0.25) is 5.91 Å². The highest BCUT2D eigenvalue weighted by Crippen LogP contribution is 2.27. The summed E-state index contributed by atoms with van der Waals surface area (Å²) >= 11 is 6.11. The minimum Gasteiger partial charge on any atom is -0.347 e. The van der Waals surface area contributed by atoms with Crippen molar-refractivity contribution >= 4 is 17.5 Å². The molecule has 21 heavy (non-hydrogen) atoms. The van der Waals surface area contributed by atoms with E-state index in [2.05, 4.69) is 17.3 Å². The zero-order valence-electron chi connectivity index (χ0n) is 13.4. The first-order valence-electron chi connectivity index (χ1n) is 7.57. The molecule has 0 saturated carbocycles. The molecule has 1 aromatic rings. The van der Waals surface area contributed by atoms with E-state index >= 15 is 0 Å². The minimum absolute atomic E-state index is 0.0857. The number of nitrogens with one attached hydrogen (secondary N) is 1. The molecule has 0 aliphatic carbocycles. The number of benzene rings is 1. The Morgan fingerprint density at radius 3 is 2.81 bits per heavy atom. The Morgan fingerprint density at radius 1 is 1.43 bits per heavy atom. The van der Waals surface area contributed by atoms with Crippen molar-refractivity contribution < 1.29 is 4.79 Å². The molecule has 3 nitrogen and oxygen atoms in total. The average Bonchev–Trinajstić information content (AvgIpc) is 2.41.